The molecular weight excluding hydrogens is 238 g/mol. The molecule has 0 fully saturated rings. The quantitative estimate of drug-likeness (QED) is 0.722. The van der Waals surface area contributed by atoms with Gasteiger partial charge in [-0.05, 0) is 34.2 Å². The van der Waals surface area contributed by atoms with Gasteiger partial charge in [0.25, 0.3) is 0 Å². The number of aryl methyl sites for hydroxylation is 1. The van der Waals surface area contributed by atoms with E-state index in [1.165, 1.54) is 0 Å². The smallest absolute Gasteiger partial charge is 0.179 e. The number of aromatic amines is 1. The first kappa shape index (κ1) is 7.94. The molecule has 2 rings (SSSR count). The molecule has 2 aromatic rings. The highest BCUT2D eigenvalue weighted by Gasteiger charge is 2.01. The van der Waals surface area contributed by atoms with Gasteiger partial charge in [-0.25, -0.2) is 4.98 Å². The zero-order valence-electron chi connectivity index (χ0n) is 6.34. The first-order valence-electron chi connectivity index (χ1n) is 3.39. The van der Waals surface area contributed by atoms with E-state index in [1.54, 1.807) is 6.20 Å². The third-order valence-electron chi connectivity index (χ3n) is 1.70. The summed E-state index contributed by atoms with van der Waals surface area (Å²) in [6.07, 6.45) is 1.75. The molecule has 12 heavy (non-hydrogen) atoms. The summed E-state index contributed by atoms with van der Waals surface area (Å²) in [5.41, 5.74) is 1.83. The lowest BCUT2D eigenvalue weighted by molar-refractivity contribution is 0.911. The van der Waals surface area contributed by atoms with Gasteiger partial charge in [-0.1, -0.05) is 0 Å². The van der Waals surface area contributed by atoms with Crippen LogP contribution in [-0.4, -0.2) is 14.5 Å². The zero-order chi connectivity index (χ0) is 8.72. The van der Waals surface area contributed by atoms with Crippen LogP contribution in [0.1, 0.15) is 0 Å². The molecule has 0 saturated carbocycles. The van der Waals surface area contributed by atoms with Gasteiger partial charge in [0.15, 0.2) is 10.4 Å². The second kappa shape index (κ2) is 2.67. The Morgan fingerprint density at radius 2 is 2.42 bits per heavy atom. The van der Waals surface area contributed by atoms with Crippen LogP contribution in [0.4, 0.5) is 0 Å². The monoisotopic (exact) mass is 243 g/mol. The van der Waals surface area contributed by atoms with Crippen molar-refractivity contribution in [2.45, 2.75) is 0 Å². The molecule has 0 aliphatic heterocycles. The summed E-state index contributed by atoms with van der Waals surface area (Å²) in [5.74, 6) is 0. The Balaban J connectivity index is 2.96. The highest BCUT2D eigenvalue weighted by Crippen LogP contribution is 2.15. The molecule has 0 unspecified atom stereocenters. The third kappa shape index (κ3) is 1.09. The fourth-order valence-corrected chi connectivity index (χ4v) is 1.61. The number of nitrogens with zero attached hydrogens (tertiary/aromatic N) is 2. The van der Waals surface area contributed by atoms with E-state index in [9.17, 15) is 0 Å². The molecule has 0 aliphatic rings. The molecule has 2 heterocycles. The van der Waals surface area contributed by atoms with Crippen LogP contribution in [0, 0.1) is 4.77 Å². The van der Waals surface area contributed by atoms with E-state index in [0.29, 0.717) is 4.77 Å². The van der Waals surface area contributed by atoms with E-state index in [-0.39, 0.29) is 0 Å². The summed E-state index contributed by atoms with van der Waals surface area (Å²) in [6, 6.07) is 1.96. The number of fused-ring (bicyclic) bond motifs is 1. The van der Waals surface area contributed by atoms with Gasteiger partial charge >= 0.3 is 0 Å². The predicted molar refractivity (Wildman–Crippen MR) is 53.6 cm³/mol. The third-order valence-corrected chi connectivity index (χ3v) is 2.51. The lowest BCUT2D eigenvalue weighted by atomic mass is 10.4. The Kier molecular flexibility index (Phi) is 1.77. The Hall–Kier alpha value is -0.680. The van der Waals surface area contributed by atoms with Crippen molar-refractivity contribution in [1.29, 1.82) is 0 Å². The molecule has 1 N–H and O–H groups in total. The summed E-state index contributed by atoms with van der Waals surface area (Å²) in [4.78, 5) is 7.27. The lowest BCUT2D eigenvalue weighted by Gasteiger charge is -1.92. The Bertz CT molecular complexity index is 485. The van der Waals surface area contributed by atoms with E-state index in [2.05, 4.69) is 25.9 Å². The average Bonchev–Trinajstić information content (AvgIpc) is 2.28. The van der Waals surface area contributed by atoms with Gasteiger partial charge in [0, 0.05) is 17.7 Å². The minimum absolute atomic E-state index is 0.690. The lowest BCUT2D eigenvalue weighted by Crippen LogP contribution is -1.88. The highest BCUT2D eigenvalue weighted by molar-refractivity contribution is 9.10. The van der Waals surface area contributed by atoms with Crippen molar-refractivity contribution in [2.24, 2.45) is 7.05 Å². The molecule has 0 spiro atoms. The fourth-order valence-electron chi connectivity index (χ4n) is 1.09. The van der Waals surface area contributed by atoms with Crippen LogP contribution >= 0.6 is 28.1 Å². The van der Waals surface area contributed by atoms with Crippen LogP contribution in [0.3, 0.4) is 0 Å². The number of H-pyrrole nitrogens is 1. The molecule has 62 valence electrons. The normalized spacial score (nSPS) is 10.8. The molecule has 2 aromatic heterocycles. The van der Waals surface area contributed by atoms with E-state index in [4.69, 9.17) is 12.2 Å². The number of pyridine rings is 1. The van der Waals surface area contributed by atoms with Crippen molar-refractivity contribution in [3.63, 3.8) is 0 Å². The van der Waals surface area contributed by atoms with Gasteiger partial charge in [0.1, 0.15) is 0 Å². The molecule has 0 radical (unpaired) electrons. The second-order valence-electron chi connectivity index (χ2n) is 2.51. The van der Waals surface area contributed by atoms with E-state index < -0.39 is 0 Å². The van der Waals surface area contributed by atoms with Gasteiger partial charge in [0.05, 0.1) is 5.52 Å². The SMILES string of the molecule is Cn1c(=S)[nH]c2cc(Br)cnc21. The molecule has 0 atom stereocenters. The van der Waals surface area contributed by atoms with Crippen LogP contribution in [0.2, 0.25) is 0 Å². The van der Waals surface area contributed by atoms with E-state index >= 15 is 0 Å². The second-order valence-corrected chi connectivity index (χ2v) is 3.82. The maximum absolute atomic E-state index is 5.05. The number of rotatable bonds is 0. The van der Waals surface area contributed by atoms with E-state index in [1.807, 2.05) is 17.7 Å². The maximum atomic E-state index is 5.05. The van der Waals surface area contributed by atoms with Gasteiger partial charge in [-0.2, -0.15) is 0 Å². The predicted octanol–water partition coefficient (Wildman–Crippen LogP) is 2.39. The Morgan fingerprint density at radius 1 is 1.67 bits per heavy atom. The first-order valence-corrected chi connectivity index (χ1v) is 4.59. The number of hydrogen-bond acceptors (Lipinski definition) is 2. The van der Waals surface area contributed by atoms with Crippen LogP contribution in [-0.2, 0) is 7.05 Å². The average molecular weight is 244 g/mol. The number of imidazole rings is 1. The molecule has 3 nitrogen and oxygen atoms in total. The number of aromatic nitrogens is 3. The highest BCUT2D eigenvalue weighted by atomic mass is 79.9. The molecule has 5 heteroatoms. The van der Waals surface area contributed by atoms with Crippen LogP contribution < -0.4 is 0 Å². The molecule has 0 aromatic carbocycles. The summed E-state index contributed by atoms with van der Waals surface area (Å²) in [5, 5.41) is 0. The van der Waals surface area contributed by atoms with Crippen LogP contribution in [0.5, 0.6) is 0 Å². The molecule has 0 bridgehead atoms. The summed E-state index contributed by atoms with van der Waals surface area (Å²) >= 11 is 8.39. The number of nitrogens with one attached hydrogen (secondary N) is 1. The fraction of sp³-hybridized carbons (Fsp3) is 0.143. The Labute approximate surface area is 82.6 Å². The molecule has 0 amide bonds. The van der Waals surface area contributed by atoms with Crippen molar-refractivity contribution in [3.05, 3.63) is 21.5 Å². The first-order chi connectivity index (χ1) is 5.68. The van der Waals surface area contributed by atoms with E-state index in [0.717, 1.165) is 15.6 Å². The van der Waals surface area contributed by atoms with Crippen LogP contribution in [0.25, 0.3) is 11.2 Å². The molecule has 0 saturated heterocycles. The summed E-state index contributed by atoms with van der Waals surface area (Å²) in [6.45, 7) is 0. The largest absolute Gasteiger partial charge is 0.329 e. The van der Waals surface area contributed by atoms with Gasteiger partial charge in [-0.15, -0.1) is 0 Å². The minimum atomic E-state index is 0.690. The van der Waals surface area contributed by atoms with Crippen molar-refractivity contribution >= 4 is 39.3 Å². The summed E-state index contributed by atoms with van der Waals surface area (Å²) < 4.78 is 3.49. The van der Waals surface area contributed by atoms with Crippen LogP contribution in [0.15, 0.2) is 16.7 Å². The van der Waals surface area contributed by atoms with Gasteiger partial charge in [-0.3, -0.25) is 0 Å². The summed E-state index contributed by atoms with van der Waals surface area (Å²) in [7, 11) is 1.89. The van der Waals surface area contributed by atoms with Gasteiger partial charge < -0.3 is 9.55 Å². The van der Waals surface area contributed by atoms with Crippen molar-refractivity contribution in [2.75, 3.05) is 0 Å². The van der Waals surface area contributed by atoms with Crippen molar-refractivity contribution in [3.8, 4) is 0 Å². The standard InChI is InChI=1S/C7H6BrN3S/c1-11-6-5(10-7(11)12)2-4(8)3-9-6/h2-3H,1H3,(H,10,12). The van der Waals surface area contributed by atoms with Crippen molar-refractivity contribution < 1.29 is 0 Å². The number of halogens is 1. The molecular formula is C7H6BrN3S. The zero-order valence-corrected chi connectivity index (χ0v) is 8.74. The number of hydrogen-bond donors (Lipinski definition) is 1. The minimum Gasteiger partial charge on any atom is -0.329 e. The van der Waals surface area contributed by atoms with Gasteiger partial charge in [0.2, 0.25) is 0 Å². The Morgan fingerprint density at radius 3 is 3.17 bits per heavy atom. The molecule has 0 aliphatic carbocycles. The van der Waals surface area contributed by atoms with Crippen molar-refractivity contribution in [1.82, 2.24) is 14.5 Å². The topological polar surface area (TPSA) is 33.6 Å². The maximum Gasteiger partial charge on any atom is 0.179 e.